The number of rotatable bonds is 2. The van der Waals surface area contributed by atoms with E-state index in [0.29, 0.717) is 34.9 Å². The van der Waals surface area contributed by atoms with Gasteiger partial charge in [0, 0.05) is 17.3 Å². The van der Waals surface area contributed by atoms with Gasteiger partial charge in [-0.05, 0) is 36.4 Å². The molecule has 0 fully saturated rings. The number of nitrogens with one attached hydrogen (secondary N) is 1. The van der Waals surface area contributed by atoms with Gasteiger partial charge in [0.15, 0.2) is 5.65 Å². The minimum absolute atomic E-state index is 0.00165. The van der Waals surface area contributed by atoms with Gasteiger partial charge in [0.05, 0.1) is 37.7 Å². The second kappa shape index (κ2) is 10.3. The fourth-order valence-electron chi connectivity index (χ4n) is 4.47. The van der Waals surface area contributed by atoms with Gasteiger partial charge in [0.25, 0.3) is 5.91 Å². The lowest BCUT2D eigenvalue weighted by atomic mass is 10.1. The Morgan fingerprint density at radius 2 is 1.87 bits per heavy atom. The maximum absolute atomic E-state index is 14.0. The molecule has 3 aromatic heterocycles. The maximum atomic E-state index is 14.0. The number of hydrogen-bond donors (Lipinski definition) is 1. The van der Waals surface area contributed by atoms with Crippen molar-refractivity contribution in [2.24, 2.45) is 0 Å². The zero-order valence-corrected chi connectivity index (χ0v) is 20.7. The first-order valence-corrected chi connectivity index (χ1v) is 12.3. The maximum Gasteiger partial charge on any atom is 0.260 e. The summed E-state index contributed by atoms with van der Waals surface area (Å²) in [6, 6.07) is 15.2. The second-order valence-corrected chi connectivity index (χ2v) is 9.01. The fourth-order valence-corrected chi connectivity index (χ4v) is 4.47. The summed E-state index contributed by atoms with van der Waals surface area (Å²) in [5.41, 5.74) is 3.37. The summed E-state index contributed by atoms with van der Waals surface area (Å²) in [5, 5.41) is 15.5. The van der Waals surface area contributed by atoms with Crippen LogP contribution in [0.5, 0.6) is 5.75 Å². The van der Waals surface area contributed by atoms with Crippen LogP contribution in [0.4, 0.5) is 4.39 Å². The van der Waals surface area contributed by atoms with Crippen molar-refractivity contribution < 1.29 is 18.7 Å². The molecule has 0 radical (unpaired) electrons. The lowest BCUT2D eigenvalue weighted by Gasteiger charge is -2.23. The summed E-state index contributed by atoms with van der Waals surface area (Å²) >= 11 is 0. The molecule has 2 bridgehead atoms. The average Bonchev–Trinajstić information content (AvgIpc) is 3.58. The molecule has 196 valence electrons. The third-order valence-corrected chi connectivity index (χ3v) is 6.32. The van der Waals surface area contributed by atoms with Gasteiger partial charge in [-0.25, -0.2) is 18.6 Å². The van der Waals surface area contributed by atoms with E-state index in [1.54, 1.807) is 40.0 Å². The molecule has 2 amide bonds. The highest BCUT2D eigenvalue weighted by atomic mass is 19.1. The van der Waals surface area contributed by atoms with Gasteiger partial charge < -0.3 is 15.0 Å². The smallest absolute Gasteiger partial charge is 0.260 e. The molecule has 39 heavy (non-hydrogen) atoms. The molecule has 12 heteroatoms. The molecule has 11 nitrogen and oxygen atoms in total. The number of benzene rings is 2. The number of para-hydroxylation sites is 1. The van der Waals surface area contributed by atoms with Crippen LogP contribution in [0.2, 0.25) is 0 Å². The van der Waals surface area contributed by atoms with Crippen molar-refractivity contribution in [1.29, 1.82) is 0 Å². The standard InChI is InChI=1S/C27H23FN8O3/c28-20-7-5-18(6-8-20)23-9-10-30-26-22(13-31-36(23)26)27(38)34-14-19-3-1-2-4-24(19)39-12-11-29-25(37)17-35-16-21(15-34)32-33-35/h1-10,13,16H,11-12,14-15,17H2,(H,29,37). The zero-order chi connectivity index (χ0) is 26.8. The van der Waals surface area contributed by atoms with Crippen LogP contribution in [-0.4, -0.2) is 59.5 Å². The van der Waals surface area contributed by atoms with Crippen LogP contribution in [0.15, 0.2) is 73.2 Å². The summed E-state index contributed by atoms with van der Waals surface area (Å²) in [4.78, 5) is 32.3. The Hall–Kier alpha value is -5.13. The molecule has 0 spiro atoms. The van der Waals surface area contributed by atoms with Crippen molar-refractivity contribution in [3.05, 3.63) is 95.8 Å². The van der Waals surface area contributed by atoms with E-state index in [-0.39, 0.29) is 43.9 Å². The lowest BCUT2D eigenvalue weighted by molar-refractivity contribution is -0.122. The first-order valence-electron chi connectivity index (χ1n) is 12.3. The highest BCUT2D eigenvalue weighted by Gasteiger charge is 2.25. The molecular formula is C27H23FN8O3. The second-order valence-electron chi connectivity index (χ2n) is 9.01. The number of aromatic nitrogens is 6. The Morgan fingerprint density at radius 3 is 2.74 bits per heavy atom. The van der Waals surface area contributed by atoms with Crippen molar-refractivity contribution in [3.8, 4) is 17.0 Å². The highest BCUT2D eigenvalue weighted by molar-refractivity contribution is 6.00. The number of nitrogens with zero attached hydrogens (tertiary/aromatic N) is 7. The topological polar surface area (TPSA) is 120 Å². The highest BCUT2D eigenvalue weighted by Crippen LogP contribution is 2.25. The molecule has 1 aliphatic heterocycles. The molecular weight excluding hydrogens is 503 g/mol. The van der Waals surface area contributed by atoms with Crippen LogP contribution in [0.25, 0.3) is 16.9 Å². The van der Waals surface area contributed by atoms with Crippen molar-refractivity contribution >= 4 is 17.5 Å². The van der Waals surface area contributed by atoms with E-state index in [1.165, 1.54) is 23.0 Å². The first-order chi connectivity index (χ1) is 19.0. The molecule has 4 heterocycles. The average molecular weight is 527 g/mol. The van der Waals surface area contributed by atoms with Crippen LogP contribution in [0.3, 0.4) is 0 Å². The Kier molecular flexibility index (Phi) is 6.41. The van der Waals surface area contributed by atoms with Gasteiger partial charge in [0.1, 0.15) is 36.0 Å². The Bertz CT molecular complexity index is 1660. The van der Waals surface area contributed by atoms with E-state index in [9.17, 15) is 14.0 Å². The number of carbonyl (C=O) groups excluding carboxylic acids is 2. The summed E-state index contributed by atoms with van der Waals surface area (Å²) in [6.45, 7) is 0.944. The number of amides is 2. The van der Waals surface area contributed by atoms with Gasteiger partial charge in [-0.1, -0.05) is 23.4 Å². The van der Waals surface area contributed by atoms with Crippen molar-refractivity contribution in [3.63, 3.8) is 0 Å². The molecule has 1 N–H and O–H groups in total. The monoisotopic (exact) mass is 526 g/mol. The minimum Gasteiger partial charge on any atom is -0.491 e. The largest absolute Gasteiger partial charge is 0.491 e. The SMILES string of the molecule is O=C1Cn2cc(nn2)CN(C(=O)c2cnn3c(-c4ccc(F)cc4)ccnc23)Cc2ccccc2OCCN1. The van der Waals surface area contributed by atoms with Crippen LogP contribution < -0.4 is 10.1 Å². The van der Waals surface area contributed by atoms with Gasteiger partial charge in [0.2, 0.25) is 5.91 Å². The summed E-state index contributed by atoms with van der Waals surface area (Å²) in [7, 11) is 0. The van der Waals surface area contributed by atoms with Crippen molar-refractivity contribution in [1.82, 2.24) is 39.8 Å². The molecule has 0 saturated carbocycles. The molecule has 0 atom stereocenters. The normalized spacial score (nSPS) is 14.3. The van der Waals surface area contributed by atoms with Crippen molar-refractivity contribution in [2.75, 3.05) is 13.2 Å². The van der Waals surface area contributed by atoms with Crippen LogP contribution in [0.1, 0.15) is 21.6 Å². The number of ether oxygens (including phenoxy) is 1. The molecule has 6 rings (SSSR count). The molecule has 0 aliphatic carbocycles. The zero-order valence-electron chi connectivity index (χ0n) is 20.7. The summed E-state index contributed by atoms with van der Waals surface area (Å²) in [6.07, 6.45) is 4.72. The van der Waals surface area contributed by atoms with E-state index in [1.807, 2.05) is 24.3 Å². The first kappa shape index (κ1) is 24.2. The third-order valence-electron chi connectivity index (χ3n) is 6.32. The molecule has 5 aromatic rings. The van der Waals surface area contributed by atoms with Gasteiger partial charge in [-0.15, -0.1) is 5.10 Å². The predicted molar refractivity (Wildman–Crippen MR) is 137 cm³/mol. The van der Waals surface area contributed by atoms with E-state index in [2.05, 4.69) is 25.7 Å². The summed E-state index contributed by atoms with van der Waals surface area (Å²) < 4.78 is 22.4. The summed E-state index contributed by atoms with van der Waals surface area (Å²) in [5.74, 6) is -0.267. The number of halogens is 1. The fraction of sp³-hybridized carbons (Fsp3) is 0.185. The molecule has 1 aliphatic rings. The number of fused-ring (bicyclic) bond motifs is 4. The van der Waals surface area contributed by atoms with Crippen LogP contribution in [-0.2, 0) is 24.4 Å². The van der Waals surface area contributed by atoms with Crippen LogP contribution >= 0.6 is 0 Å². The predicted octanol–water partition coefficient (Wildman–Crippen LogP) is 2.48. The molecule has 0 unspecified atom stereocenters. The Morgan fingerprint density at radius 1 is 1.03 bits per heavy atom. The molecule has 0 saturated heterocycles. The quantitative estimate of drug-likeness (QED) is 0.375. The Balaban J connectivity index is 1.39. The van der Waals surface area contributed by atoms with Gasteiger partial charge >= 0.3 is 0 Å². The van der Waals surface area contributed by atoms with E-state index < -0.39 is 0 Å². The van der Waals surface area contributed by atoms with Gasteiger partial charge in [-0.3, -0.25) is 9.59 Å². The number of carbonyl (C=O) groups is 2. The van der Waals surface area contributed by atoms with Crippen LogP contribution in [0, 0.1) is 5.82 Å². The number of hydrogen-bond acceptors (Lipinski definition) is 7. The Labute approximate surface area is 221 Å². The minimum atomic E-state index is -0.344. The lowest BCUT2D eigenvalue weighted by Crippen LogP contribution is -2.32. The third kappa shape index (κ3) is 5.04. The van der Waals surface area contributed by atoms with E-state index in [0.717, 1.165) is 11.1 Å². The van der Waals surface area contributed by atoms with E-state index in [4.69, 9.17) is 4.74 Å². The molecule has 2 aromatic carbocycles. The van der Waals surface area contributed by atoms with E-state index >= 15 is 0 Å². The van der Waals surface area contributed by atoms with Gasteiger partial charge in [-0.2, -0.15) is 5.10 Å². The van der Waals surface area contributed by atoms with Crippen molar-refractivity contribution in [2.45, 2.75) is 19.6 Å².